The molecule has 2 atom stereocenters. The minimum atomic E-state index is -1.33. The van der Waals surface area contributed by atoms with Crippen LogP contribution >= 0.6 is 0 Å². The van der Waals surface area contributed by atoms with Gasteiger partial charge >= 0.3 is 0 Å². The largest absolute Gasteiger partial charge is 0.368 e. The number of hydrogen-bond donors (Lipinski definition) is 3. The van der Waals surface area contributed by atoms with Gasteiger partial charge in [0.25, 0.3) is 0 Å². The van der Waals surface area contributed by atoms with Crippen LogP contribution in [0, 0.1) is 5.92 Å². The van der Waals surface area contributed by atoms with Gasteiger partial charge in [-0.2, -0.15) is 0 Å². The molecule has 0 aromatic rings. The highest BCUT2D eigenvalue weighted by Crippen LogP contribution is 2.13. The molecule has 4 heteroatoms. The summed E-state index contributed by atoms with van der Waals surface area (Å²) >= 11 is 0. The molecule has 0 bridgehead atoms. The second-order valence-electron chi connectivity index (χ2n) is 4.96. The van der Waals surface area contributed by atoms with Gasteiger partial charge in [0.1, 0.15) is 0 Å². The molecule has 0 aliphatic carbocycles. The van der Waals surface area contributed by atoms with Crippen LogP contribution in [0.3, 0.4) is 0 Å². The summed E-state index contributed by atoms with van der Waals surface area (Å²) < 4.78 is 0. The van der Waals surface area contributed by atoms with E-state index in [4.69, 9.17) is 0 Å². The van der Waals surface area contributed by atoms with Gasteiger partial charge in [0, 0.05) is 18.3 Å². The van der Waals surface area contributed by atoms with Crippen LogP contribution in [-0.4, -0.2) is 35.3 Å². The van der Waals surface area contributed by atoms with Gasteiger partial charge in [0.15, 0.2) is 6.29 Å². The first-order chi connectivity index (χ1) is 9.25. The lowest BCUT2D eigenvalue weighted by Gasteiger charge is -2.25. The normalized spacial score (nSPS) is 22.1. The van der Waals surface area contributed by atoms with Crippen molar-refractivity contribution >= 4 is 6.21 Å². The van der Waals surface area contributed by atoms with Gasteiger partial charge in [0.05, 0.1) is 6.04 Å². The van der Waals surface area contributed by atoms with E-state index >= 15 is 0 Å². The second kappa shape index (κ2) is 9.89. The highest BCUT2D eigenvalue weighted by molar-refractivity contribution is 5.67. The molecule has 2 unspecified atom stereocenters. The third kappa shape index (κ3) is 6.66. The number of nitrogens with zero attached hydrogens (tertiary/aromatic N) is 1. The van der Waals surface area contributed by atoms with Crippen molar-refractivity contribution in [3.63, 3.8) is 0 Å². The summed E-state index contributed by atoms with van der Waals surface area (Å²) in [6.07, 6.45) is 12.9. The zero-order valence-corrected chi connectivity index (χ0v) is 11.5. The van der Waals surface area contributed by atoms with Crippen LogP contribution in [-0.2, 0) is 0 Å². The van der Waals surface area contributed by atoms with Gasteiger partial charge in [-0.05, 0) is 25.8 Å². The Morgan fingerprint density at radius 1 is 1.21 bits per heavy atom. The van der Waals surface area contributed by atoms with E-state index in [2.05, 4.69) is 16.9 Å². The zero-order chi connectivity index (χ0) is 13.9. The Morgan fingerprint density at radius 2 is 1.95 bits per heavy atom. The van der Waals surface area contributed by atoms with Crippen molar-refractivity contribution < 1.29 is 10.2 Å². The quantitative estimate of drug-likeness (QED) is 0.322. The van der Waals surface area contributed by atoms with E-state index in [-0.39, 0.29) is 12.0 Å². The van der Waals surface area contributed by atoms with Crippen molar-refractivity contribution in [3.05, 3.63) is 24.9 Å². The van der Waals surface area contributed by atoms with Crippen molar-refractivity contribution in [3.8, 4) is 0 Å². The number of hydrogen-bond acceptors (Lipinski definition) is 4. The van der Waals surface area contributed by atoms with Crippen molar-refractivity contribution in [2.24, 2.45) is 10.9 Å². The molecule has 108 valence electrons. The molecule has 1 heterocycles. The molecule has 3 N–H and O–H groups in total. The highest BCUT2D eigenvalue weighted by Gasteiger charge is 2.24. The Kier molecular flexibility index (Phi) is 8.38. The lowest BCUT2D eigenvalue weighted by Crippen LogP contribution is -2.43. The van der Waals surface area contributed by atoms with Gasteiger partial charge in [-0.25, -0.2) is 0 Å². The molecule has 19 heavy (non-hydrogen) atoms. The molecule has 1 rings (SSSR count). The molecule has 1 aliphatic rings. The fourth-order valence-corrected chi connectivity index (χ4v) is 2.20. The van der Waals surface area contributed by atoms with Crippen LogP contribution in [0.2, 0.25) is 0 Å². The molecule has 0 radical (unpaired) electrons. The van der Waals surface area contributed by atoms with Crippen LogP contribution in [0.25, 0.3) is 0 Å². The Bertz CT molecular complexity index is 301. The number of aliphatic hydroxyl groups is 2. The van der Waals surface area contributed by atoms with E-state index in [1.165, 1.54) is 25.7 Å². The summed E-state index contributed by atoms with van der Waals surface area (Å²) in [6.45, 7) is 4.60. The number of aliphatic hydroxyl groups excluding tert-OH is 1. The smallest absolute Gasteiger partial charge is 0.159 e. The first kappa shape index (κ1) is 16.1. The predicted molar refractivity (Wildman–Crippen MR) is 79.0 cm³/mol. The van der Waals surface area contributed by atoms with Crippen LogP contribution in [0.1, 0.15) is 38.5 Å². The fourth-order valence-electron chi connectivity index (χ4n) is 2.20. The Morgan fingerprint density at radius 3 is 2.68 bits per heavy atom. The number of aliphatic imine (C=N–C) groups is 1. The molecule has 0 saturated heterocycles. The van der Waals surface area contributed by atoms with Crippen molar-refractivity contribution in [1.29, 1.82) is 0 Å². The third-order valence-corrected chi connectivity index (χ3v) is 3.37. The first-order valence-electron chi connectivity index (χ1n) is 7.16. The summed E-state index contributed by atoms with van der Waals surface area (Å²) in [5.74, 6) is -0.301. The molecule has 0 spiro atoms. The molecule has 0 aromatic carbocycles. The second-order valence-corrected chi connectivity index (χ2v) is 4.96. The maximum atomic E-state index is 9.27. The molecule has 4 nitrogen and oxygen atoms in total. The van der Waals surface area contributed by atoms with Crippen molar-refractivity contribution in [2.75, 3.05) is 6.54 Å². The van der Waals surface area contributed by atoms with E-state index in [1.54, 1.807) is 18.5 Å². The summed E-state index contributed by atoms with van der Waals surface area (Å²) in [5, 5.41) is 21.8. The Hall–Kier alpha value is -0.970. The first-order valence-corrected chi connectivity index (χ1v) is 7.16. The molecule has 0 fully saturated rings. The van der Waals surface area contributed by atoms with Crippen molar-refractivity contribution in [1.82, 2.24) is 5.32 Å². The maximum Gasteiger partial charge on any atom is 0.159 e. The van der Waals surface area contributed by atoms with E-state index in [0.717, 1.165) is 19.4 Å². The SMILES string of the molecule is C=CCCCCCCCNC1C=NC=CC1C(O)O. The molecular formula is C15H26N2O2. The maximum absolute atomic E-state index is 9.27. The average Bonchev–Trinajstić information content (AvgIpc) is 2.42. The Balaban J connectivity index is 2.06. The number of nitrogens with one attached hydrogen (secondary N) is 1. The monoisotopic (exact) mass is 266 g/mol. The molecule has 1 aliphatic heterocycles. The average molecular weight is 266 g/mol. The molecule has 0 aromatic heterocycles. The zero-order valence-electron chi connectivity index (χ0n) is 11.5. The van der Waals surface area contributed by atoms with Gasteiger partial charge in [-0.1, -0.05) is 31.4 Å². The van der Waals surface area contributed by atoms with E-state index in [9.17, 15) is 10.2 Å². The lowest BCUT2D eigenvalue weighted by atomic mass is 9.98. The van der Waals surface area contributed by atoms with Gasteiger partial charge in [-0.15, -0.1) is 6.58 Å². The Labute approximate surface area is 115 Å². The number of allylic oxidation sites excluding steroid dienone is 1. The topological polar surface area (TPSA) is 64.9 Å². The lowest BCUT2D eigenvalue weighted by molar-refractivity contribution is -0.0735. The van der Waals surface area contributed by atoms with Crippen LogP contribution < -0.4 is 5.32 Å². The summed E-state index contributed by atoms with van der Waals surface area (Å²) in [6, 6.07) is -0.0780. The molecule has 0 amide bonds. The highest BCUT2D eigenvalue weighted by atomic mass is 16.5. The van der Waals surface area contributed by atoms with Crippen molar-refractivity contribution in [2.45, 2.75) is 50.9 Å². The fraction of sp³-hybridized carbons (Fsp3) is 0.667. The minimum Gasteiger partial charge on any atom is -0.368 e. The number of rotatable bonds is 10. The van der Waals surface area contributed by atoms with Crippen LogP contribution in [0.4, 0.5) is 0 Å². The summed E-state index contributed by atoms with van der Waals surface area (Å²) in [4.78, 5) is 4.04. The molecular weight excluding hydrogens is 240 g/mol. The van der Waals surface area contributed by atoms with Gasteiger partial charge < -0.3 is 15.5 Å². The van der Waals surface area contributed by atoms with E-state index < -0.39 is 6.29 Å². The van der Waals surface area contributed by atoms with Crippen LogP contribution in [0.5, 0.6) is 0 Å². The predicted octanol–water partition coefficient (Wildman–Crippen LogP) is 2.00. The van der Waals surface area contributed by atoms with E-state index in [0.29, 0.717) is 0 Å². The van der Waals surface area contributed by atoms with E-state index in [1.807, 2.05) is 6.08 Å². The molecule has 0 saturated carbocycles. The minimum absolute atomic E-state index is 0.0780. The number of unbranched alkanes of at least 4 members (excludes halogenated alkanes) is 5. The third-order valence-electron chi connectivity index (χ3n) is 3.37. The summed E-state index contributed by atoms with van der Waals surface area (Å²) in [5.41, 5.74) is 0. The summed E-state index contributed by atoms with van der Waals surface area (Å²) in [7, 11) is 0. The standard InChI is InChI=1S/C15H26N2O2/c1-2-3-4-5-6-7-8-10-17-14-12-16-11-9-13(14)15(18)19/h2,9,11-15,17-19H,1,3-8,10H2. The van der Waals surface area contributed by atoms with Gasteiger partial charge in [0.2, 0.25) is 0 Å². The van der Waals surface area contributed by atoms with Crippen LogP contribution in [0.15, 0.2) is 29.9 Å². The van der Waals surface area contributed by atoms with Gasteiger partial charge in [-0.3, -0.25) is 4.99 Å².